The summed E-state index contributed by atoms with van der Waals surface area (Å²) in [5.74, 6) is 0.886. The third-order valence-electron chi connectivity index (χ3n) is 5.72. The minimum Gasteiger partial charge on any atom is -0.278 e. The van der Waals surface area contributed by atoms with Crippen molar-refractivity contribution in [2.24, 2.45) is 0 Å². The molecule has 146 valence electrons. The third-order valence-corrected chi connectivity index (χ3v) is 5.72. The van der Waals surface area contributed by atoms with Crippen molar-refractivity contribution in [3.63, 3.8) is 0 Å². The summed E-state index contributed by atoms with van der Waals surface area (Å²) < 4.78 is 4.41. The van der Waals surface area contributed by atoms with E-state index in [2.05, 4.69) is 68.7 Å². The van der Waals surface area contributed by atoms with Crippen molar-refractivity contribution >= 4 is 38.9 Å². The number of aromatic nitrogens is 6. The van der Waals surface area contributed by atoms with Gasteiger partial charge < -0.3 is 0 Å². The zero-order valence-electron chi connectivity index (χ0n) is 16.4. The molecule has 0 spiro atoms. The Hall–Kier alpha value is -4.45. The van der Waals surface area contributed by atoms with E-state index in [4.69, 9.17) is 10.1 Å². The molecule has 0 radical (unpaired) electrons. The summed E-state index contributed by atoms with van der Waals surface area (Å²) >= 11 is 0. The van der Waals surface area contributed by atoms with Gasteiger partial charge in [0.1, 0.15) is 11.0 Å². The molecule has 0 aliphatic carbocycles. The fourth-order valence-electron chi connectivity index (χ4n) is 4.32. The average Bonchev–Trinajstić information content (AvgIpc) is 3.49. The highest BCUT2D eigenvalue weighted by molar-refractivity contribution is 5.92. The number of nitrogens with zero attached hydrogens (tertiary/aromatic N) is 6. The average molecular weight is 400 g/mol. The summed E-state index contributed by atoms with van der Waals surface area (Å²) in [6.45, 7) is 0. The van der Waals surface area contributed by atoms with E-state index in [0.29, 0.717) is 0 Å². The molecule has 3 aromatic heterocycles. The standard InChI is InChI=1S/C25H16N6/c1-2-8-17(9-3-1)31-27-19-15-14-18(16-21(19)28-31)29-23-12-6-7-13-24(23)30-22-11-5-4-10-20(22)26-25(29)30/h1-16H. The Labute approximate surface area is 176 Å². The molecule has 0 atom stereocenters. The lowest BCUT2D eigenvalue weighted by Crippen LogP contribution is -1.97. The summed E-state index contributed by atoms with van der Waals surface area (Å²) in [4.78, 5) is 6.63. The van der Waals surface area contributed by atoms with Crippen molar-refractivity contribution in [3.8, 4) is 11.4 Å². The van der Waals surface area contributed by atoms with Gasteiger partial charge in [-0.1, -0.05) is 42.5 Å². The molecule has 6 nitrogen and oxygen atoms in total. The maximum absolute atomic E-state index is 4.95. The Morgan fingerprint density at radius 2 is 1.23 bits per heavy atom. The number of fused-ring (bicyclic) bond motifs is 6. The fraction of sp³-hybridized carbons (Fsp3) is 0. The quantitative estimate of drug-likeness (QED) is 0.403. The lowest BCUT2D eigenvalue weighted by molar-refractivity contribution is 0.766. The van der Waals surface area contributed by atoms with Gasteiger partial charge in [-0.05, 0) is 54.6 Å². The first kappa shape index (κ1) is 16.4. The van der Waals surface area contributed by atoms with E-state index >= 15 is 0 Å². The van der Waals surface area contributed by atoms with Crippen LogP contribution in [0.4, 0.5) is 0 Å². The van der Waals surface area contributed by atoms with Crippen molar-refractivity contribution in [2.75, 3.05) is 0 Å². The summed E-state index contributed by atoms with van der Waals surface area (Å²) in [6, 6.07) is 32.8. The van der Waals surface area contributed by atoms with Crippen molar-refractivity contribution < 1.29 is 0 Å². The molecule has 0 unspecified atom stereocenters. The molecule has 7 aromatic rings. The molecule has 6 heteroatoms. The number of hydrogen-bond donors (Lipinski definition) is 0. The molecule has 0 aliphatic rings. The molecule has 0 aliphatic heterocycles. The molecule has 3 heterocycles. The zero-order chi connectivity index (χ0) is 20.4. The van der Waals surface area contributed by atoms with Crippen LogP contribution in [0.3, 0.4) is 0 Å². The Bertz CT molecular complexity index is 1740. The number of hydrogen-bond acceptors (Lipinski definition) is 3. The van der Waals surface area contributed by atoms with Crippen LogP contribution in [0, 0.1) is 0 Å². The maximum Gasteiger partial charge on any atom is 0.220 e. The summed E-state index contributed by atoms with van der Waals surface area (Å²) in [6.07, 6.45) is 0. The highest BCUT2D eigenvalue weighted by Crippen LogP contribution is 2.29. The normalized spacial score (nSPS) is 11.9. The van der Waals surface area contributed by atoms with E-state index in [1.54, 1.807) is 4.80 Å². The van der Waals surface area contributed by atoms with Crippen molar-refractivity contribution in [3.05, 3.63) is 97.1 Å². The molecule has 4 aromatic carbocycles. The fourth-order valence-corrected chi connectivity index (χ4v) is 4.32. The Morgan fingerprint density at radius 1 is 0.516 bits per heavy atom. The van der Waals surface area contributed by atoms with Gasteiger partial charge in [0, 0.05) is 0 Å². The van der Waals surface area contributed by atoms with Gasteiger partial charge in [0.05, 0.1) is 33.4 Å². The molecular weight excluding hydrogens is 384 g/mol. The van der Waals surface area contributed by atoms with E-state index < -0.39 is 0 Å². The second-order valence-corrected chi connectivity index (χ2v) is 7.56. The highest BCUT2D eigenvalue weighted by atomic mass is 15.5. The smallest absolute Gasteiger partial charge is 0.220 e. The number of para-hydroxylation sites is 5. The van der Waals surface area contributed by atoms with Gasteiger partial charge in [0.2, 0.25) is 5.78 Å². The van der Waals surface area contributed by atoms with Gasteiger partial charge in [-0.3, -0.25) is 8.97 Å². The molecule has 0 fully saturated rings. The lowest BCUT2D eigenvalue weighted by atomic mass is 10.2. The van der Waals surface area contributed by atoms with Crippen LogP contribution in [-0.2, 0) is 0 Å². The molecular formula is C25H16N6. The van der Waals surface area contributed by atoms with E-state index in [0.717, 1.165) is 50.3 Å². The van der Waals surface area contributed by atoms with Crippen molar-refractivity contribution in [1.82, 2.24) is 28.9 Å². The molecule has 0 saturated heterocycles. The second-order valence-electron chi connectivity index (χ2n) is 7.56. The minimum atomic E-state index is 0.841. The van der Waals surface area contributed by atoms with Crippen molar-refractivity contribution in [1.29, 1.82) is 0 Å². The highest BCUT2D eigenvalue weighted by Gasteiger charge is 2.17. The Morgan fingerprint density at radius 3 is 2.10 bits per heavy atom. The van der Waals surface area contributed by atoms with Gasteiger partial charge in [-0.15, -0.1) is 10.2 Å². The van der Waals surface area contributed by atoms with Crippen LogP contribution in [0.5, 0.6) is 0 Å². The SMILES string of the molecule is c1ccc(-n2nc3ccc(-n4c5ccccc5n5c6ccccc6nc45)cc3n2)cc1. The van der Waals surface area contributed by atoms with Gasteiger partial charge in [0.25, 0.3) is 0 Å². The predicted molar refractivity (Wildman–Crippen MR) is 122 cm³/mol. The summed E-state index contributed by atoms with van der Waals surface area (Å²) in [5.41, 5.74) is 7.95. The maximum atomic E-state index is 4.95. The summed E-state index contributed by atoms with van der Waals surface area (Å²) in [5, 5.41) is 9.36. The van der Waals surface area contributed by atoms with E-state index in [-0.39, 0.29) is 0 Å². The number of imidazole rings is 2. The zero-order valence-corrected chi connectivity index (χ0v) is 16.4. The molecule has 7 rings (SSSR count). The molecule has 0 amide bonds. The first-order chi connectivity index (χ1) is 15.4. The first-order valence-electron chi connectivity index (χ1n) is 10.2. The first-order valence-corrected chi connectivity index (χ1v) is 10.2. The minimum absolute atomic E-state index is 0.841. The molecule has 0 bridgehead atoms. The van der Waals surface area contributed by atoms with Crippen LogP contribution in [0.1, 0.15) is 0 Å². The topological polar surface area (TPSA) is 52.9 Å². The molecule has 31 heavy (non-hydrogen) atoms. The number of benzene rings is 4. The van der Waals surface area contributed by atoms with E-state index in [1.807, 2.05) is 42.5 Å². The Balaban J connectivity index is 1.52. The van der Waals surface area contributed by atoms with Crippen LogP contribution >= 0.6 is 0 Å². The molecule has 0 saturated carbocycles. The molecule has 0 N–H and O–H groups in total. The van der Waals surface area contributed by atoms with Crippen LogP contribution in [-0.4, -0.2) is 28.9 Å². The van der Waals surface area contributed by atoms with Gasteiger partial charge in [0.15, 0.2) is 0 Å². The lowest BCUT2D eigenvalue weighted by Gasteiger charge is -2.04. The summed E-state index contributed by atoms with van der Waals surface area (Å²) in [7, 11) is 0. The van der Waals surface area contributed by atoms with Gasteiger partial charge in [-0.2, -0.15) is 4.80 Å². The van der Waals surface area contributed by atoms with Crippen molar-refractivity contribution in [2.45, 2.75) is 0 Å². The monoisotopic (exact) mass is 400 g/mol. The van der Waals surface area contributed by atoms with E-state index in [9.17, 15) is 0 Å². The van der Waals surface area contributed by atoms with E-state index in [1.165, 1.54) is 0 Å². The Kier molecular flexibility index (Phi) is 3.18. The van der Waals surface area contributed by atoms with Crippen LogP contribution in [0.2, 0.25) is 0 Å². The third kappa shape index (κ3) is 2.30. The van der Waals surface area contributed by atoms with Gasteiger partial charge >= 0.3 is 0 Å². The van der Waals surface area contributed by atoms with Crippen LogP contribution in [0.15, 0.2) is 97.1 Å². The number of rotatable bonds is 2. The van der Waals surface area contributed by atoms with Crippen LogP contribution < -0.4 is 0 Å². The largest absolute Gasteiger partial charge is 0.278 e. The second kappa shape index (κ2) is 6.03. The predicted octanol–water partition coefficient (Wildman–Crippen LogP) is 5.17. The van der Waals surface area contributed by atoms with Gasteiger partial charge in [-0.25, -0.2) is 4.98 Å². The van der Waals surface area contributed by atoms with Crippen LogP contribution in [0.25, 0.3) is 50.3 Å².